The van der Waals surface area contributed by atoms with E-state index in [0.717, 1.165) is 12.1 Å². The molecule has 1 atom stereocenters. The van der Waals surface area contributed by atoms with Gasteiger partial charge in [0.1, 0.15) is 5.75 Å². The Labute approximate surface area is 109 Å². The van der Waals surface area contributed by atoms with Crippen molar-refractivity contribution in [2.75, 3.05) is 13.2 Å². The van der Waals surface area contributed by atoms with Gasteiger partial charge in [-0.15, -0.1) is 13.2 Å². The molecule has 1 fully saturated rings. The normalized spacial score (nSPS) is 17.3. The molecule has 1 aliphatic carbocycles. The number of hydrogen-bond donors (Lipinski definition) is 2. The van der Waals surface area contributed by atoms with Crippen LogP contribution in [0.1, 0.15) is 24.4 Å². The standard InChI is InChI=1S/C13H16F3NO2/c14-13(15,16)19-11-5-3-10(4-6-11)12(8-18)17-7-9-1-2-9/h3-6,9,12,17-18H,1-2,7-8H2. The number of alkyl halides is 3. The molecule has 1 aromatic carbocycles. The van der Waals surface area contributed by atoms with Gasteiger partial charge in [-0.05, 0) is 43.0 Å². The summed E-state index contributed by atoms with van der Waals surface area (Å²) in [5, 5.41) is 12.5. The van der Waals surface area contributed by atoms with Crippen molar-refractivity contribution in [2.24, 2.45) is 5.92 Å². The molecule has 1 aliphatic rings. The third-order valence-corrected chi connectivity index (χ3v) is 3.05. The molecule has 1 saturated carbocycles. The predicted octanol–water partition coefficient (Wildman–Crippen LogP) is 2.62. The summed E-state index contributed by atoms with van der Waals surface area (Å²) in [6.07, 6.45) is -2.28. The third kappa shape index (κ3) is 4.72. The van der Waals surface area contributed by atoms with E-state index in [1.807, 2.05) is 0 Å². The molecule has 1 aromatic rings. The molecule has 0 radical (unpaired) electrons. The van der Waals surface area contributed by atoms with Crippen molar-refractivity contribution in [1.29, 1.82) is 0 Å². The molecule has 3 nitrogen and oxygen atoms in total. The first-order valence-corrected chi connectivity index (χ1v) is 6.18. The topological polar surface area (TPSA) is 41.5 Å². The van der Waals surface area contributed by atoms with Gasteiger partial charge in [0.15, 0.2) is 0 Å². The van der Waals surface area contributed by atoms with E-state index >= 15 is 0 Å². The number of halogens is 3. The molecule has 0 saturated heterocycles. The molecule has 0 aliphatic heterocycles. The van der Waals surface area contributed by atoms with Crippen molar-refractivity contribution < 1.29 is 23.0 Å². The lowest BCUT2D eigenvalue weighted by Crippen LogP contribution is -2.26. The zero-order chi connectivity index (χ0) is 13.9. The Morgan fingerprint density at radius 2 is 1.89 bits per heavy atom. The molecular formula is C13H16F3NO2. The van der Waals surface area contributed by atoms with Gasteiger partial charge in [0.05, 0.1) is 12.6 Å². The summed E-state index contributed by atoms with van der Waals surface area (Å²) < 4.78 is 39.8. The van der Waals surface area contributed by atoms with Gasteiger partial charge in [-0.1, -0.05) is 12.1 Å². The van der Waals surface area contributed by atoms with Crippen LogP contribution in [0, 0.1) is 5.92 Å². The molecule has 19 heavy (non-hydrogen) atoms. The maximum Gasteiger partial charge on any atom is 0.573 e. The van der Waals surface area contributed by atoms with Gasteiger partial charge in [-0.3, -0.25) is 0 Å². The van der Waals surface area contributed by atoms with Crippen LogP contribution in [0.25, 0.3) is 0 Å². The van der Waals surface area contributed by atoms with E-state index < -0.39 is 6.36 Å². The fourth-order valence-corrected chi connectivity index (χ4v) is 1.82. The number of hydrogen-bond acceptors (Lipinski definition) is 3. The van der Waals surface area contributed by atoms with E-state index in [0.29, 0.717) is 5.92 Å². The first kappa shape index (κ1) is 14.1. The highest BCUT2D eigenvalue weighted by molar-refractivity contribution is 5.29. The highest BCUT2D eigenvalue weighted by atomic mass is 19.4. The van der Waals surface area contributed by atoms with Crippen LogP contribution < -0.4 is 10.1 Å². The zero-order valence-electron chi connectivity index (χ0n) is 10.3. The summed E-state index contributed by atoms with van der Waals surface area (Å²) in [7, 11) is 0. The molecule has 0 bridgehead atoms. The number of nitrogens with one attached hydrogen (secondary N) is 1. The zero-order valence-corrected chi connectivity index (χ0v) is 10.3. The molecular weight excluding hydrogens is 259 g/mol. The second-order valence-corrected chi connectivity index (χ2v) is 4.70. The Morgan fingerprint density at radius 1 is 1.26 bits per heavy atom. The largest absolute Gasteiger partial charge is 0.573 e. The summed E-state index contributed by atoms with van der Waals surface area (Å²) in [6.45, 7) is 0.734. The minimum atomic E-state index is -4.68. The molecule has 2 N–H and O–H groups in total. The molecule has 0 spiro atoms. The van der Waals surface area contributed by atoms with Crippen molar-refractivity contribution in [3.63, 3.8) is 0 Å². The Morgan fingerprint density at radius 3 is 2.37 bits per heavy atom. The van der Waals surface area contributed by atoms with Crippen LogP contribution in [0.2, 0.25) is 0 Å². The SMILES string of the molecule is OCC(NCC1CC1)c1ccc(OC(F)(F)F)cc1. The lowest BCUT2D eigenvalue weighted by molar-refractivity contribution is -0.274. The molecule has 6 heteroatoms. The Kier molecular flexibility index (Phi) is 4.31. The van der Waals surface area contributed by atoms with E-state index in [9.17, 15) is 18.3 Å². The number of aliphatic hydroxyl groups is 1. The van der Waals surface area contributed by atoms with E-state index in [-0.39, 0.29) is 18.4 Å². The van der Waals surface area contributed by atoms with Crippen LogP contribution in [0.4, 0.5) is 13.2 Å². The van der Waals surface area contributed by atoms with E-state index in [1.165, 1.54) is 37.1 Å². The van der Waals surface area contributed by atoms with Crippen molar-refractivity contribution >= 4 is 0 Å². The van der Waals surface area contributed by atoms with Gasteiger partial charge in [0.25, 0.3) is 0 Å². The smallest absolute Gasteiger partial charge is 0.406 e. The van der Waals surface area contributed by atoms with Crippen LogP contribution in [0.3, 0.4) is 0 Å². The highest BCUT2D eigenvalue weighted by Crippen LogP contribution is 2.29. The van der Waals surface area contributed by atoms with Gasteiger partial charge < -0.3 is 15.2 Å². The minimum absolute atomic E-state index is 0.0911. The van der Waals surface area contributed by atoms with Crippen molar-refractivity contribution in [3.05, 3.63) is 29.8 Å². The van der Waals surface area contributed by atoms with E-state index in [1.54, 1.807) is 0 Å². The molecule has 0 heterocycles. The van der Waals surface area contributed by atoms with Crippen LogP contribution in [0.15, 0.2) is 24.3 Å². The maximum atomic E-state index is 12.0. The lowest BCUT2D eigenvalue weighted by atomic mass is 10.1. The second-order valence-electron chi connectivity index (χ2n) is 4.70. The fourth-order valence-electron chi connectivity index (χ4n) is 1.82. The summed E-state index contributed by atoms with van der Waals surface area (Å²) in [6, 6.07) is 5.32. The number of benzene rings is 1. The van der Waals surface area contributed by atoms with Gasteiger partial charge >= 0.3 is 6.36 Å². The van der Waals surface area contributed by atoms with Crippen LogP contribution in [0.5, 0.6) is 5.75 Å². The number of rotatable bonds is 6. The second kappa shape index (κ2) is 5.79. The third-order valence-electron chi connectivity index (χ3n) is 3.05. The van der Waals surface area contributed by atoms with E-state index in [2.05, 4.69) is 10.1 Å². The summed E-state index contributed by atoms with van der Waals surface area (Å²) >= 11 is 0. The number of ether oxygens (including phenoxy) is 1. The Hall–Kier alpha value is -1.27. The van der Waals surface area contributed by atoms with Gasteiger partial charge in [-0.25, -0.2) is 0 Å². The lowest BCUT2D eigenvalue weighted by Gasteiger charge is -2.17. The fraction of sp³-hybridized carbons (Fsp3) is 0.538. The van der Waals surface area contributed by atoms with Gasteiger partial charge in [0.2, 0.25) is 0 Å². The highest BCUT2D eigenvalue weighted by Gasteiger charge is 2.31. The Bertz CT molecular complexity index is 401. The maximum absolute atomic E-state index is 12.0. The molecule has 0 amide bonds. The molecule has 106 valence electrons. The predicted molar refractivity (Wildman–Crippen MR) is 63.7 cm³/mol. The van der Waals surface area contributed by atoms with Crippen LogP contribution in [-0.2, 0) is 0 Å². The summed E-state index contributed by atoms with van der Waals surface area (Å²) in [5.41, 5.74) is 0.748. The summed E-state index contributed by atoms with van der Waals surface area (Å²) in [5.74, 6) is 0.414. The first-order chi connectivity index (χ1) is 8.98. The first-order valence-electron chi connectivity index (χ1n) is 6.18. The van der Waals surface area contributed by atoms with Gasteiger partial charge in [0, 0.05) is 0 Å². The molecule has 1 unspecified atom stereocenters. The van der Waals surface area contributed by atoms with E-state index in [4.69, 9.17) is 0 Å². The van der Waals surface area contributed by atoms with Crippen molar-refractivity contribution in [1.82, 2.24) is 5.32 Å². The Balaban J connectivity index is 1.94. The van der Waals surface area contributed by atoms with Gasteiger partial charge in [-0.2, -0.15) is 0 Å². The average Bonchev–Trinajstić information content (AvgIpc) is 3.14. The quantitative estimate of drug-likeness (QED) is 0.838. The van der Waals surface area contributed by atoms with Crippen LogP contribution >= 0.6 is 0 Å². The average molecular weight is 275 g/mol. The van der Waals surface area contributed by atoms with Crippen molar-refractivity contribution in [3.8, 4) is 5.75 Å². The minimum Gasteiger partial charge on any atom is -0.406 e. The number of aliphatic hydroxyl groups excluding tert-OH is 1. The van der Waals surface area contributed by atoms with Crippen molar-refractivity contribution in [2.45, 2.75) is 25.2 Å². The summed E-state index contributed by atoms with van der Waals surface area (Å²) in [4.78, 5) is 0. The molecule has 2 rings (SSSR count). The molecule has 0 aromatic heterocycles. The monoisotopic (exact) mass is 275 g/mol. The van der Waals surface area contributed by atoms with Crippen LogP contribution in [-0.4, -0.2) is 24.6 Å².